The second-order valence-corrected chi connectivity index (χ2v) is 5.85. The summed E-state index contributed by atoms with van der Waals surface area (Å²) in [6, 6.07) is 5.18. The molecule has 0 amide bonds. The summed E-state index contributed by atoms with van der Waals surface area (Å²) in [6.45, 7) is 2.04. The van der Waals surface area contributed by atoms with Gasteiger partial charge in [0, 0.05) is 18.1 Å². The molecular weight excluding hydrogens is 330 g/mol. The van der Waals surface area contributed by atoms with Gasteiger partial charge < -0.3 is 14.6 Å². The Labute approximate surface area is 144 Å². The van der Waals surface area contributed by atoms with Crippen molar-refractivity contribution in [1.29, 1.82) is 0 Å². The molecule has 0 atom stereocenters. The van der Waals surface area contributed by atoms with E-state index in [-0.39, 0.29) is 4.91 Å². The molecular formula is C16H19N3O4S. The van der Waals surface area contributed by atoms with Gasteiger partial charge in [-0.1, -0.05) is 6.92 Å². The number of hydrogen-bond donors (Lipinski definition) is 2. The summed E-state index contributed by atoms with van der Waals surface area (Å²) in [4.78, 5) is 15.9. The lowest BCUT2D eigenvalue weighted by Crippen LogP contribution is -1.98. The van der Waals surface area contributed by atoms with Crippen molar-refractivity contribution in [2.24, 2.45) is 0 Å². The van der Waals surface area contributed by atoms with Crippen LogP contribution >= 0.6 is 11.8 Å². The van der Waals surface area contributed by atoms with Crippen LogP contribution in [0.2, 0.25) is 0 Å². The highest BCUT2D eigenvalue weighted by Crippen LogP contribution is 2.31. The maximum absolute atomic E-state index is 11.5. The van der Waals surface area contributed by atoms with Gasteiger partial charge >= 0.3 is 5.97 Å². The van der Waals surface area contributed by atoms with Crippen LogP contribution in [0.25, 0.3) is 6.08 Å². The van der Waals surface area contributed by atoms with E-state index in [2.05, 4.69) is 15.2 Å². The van der Waals surface area contributed by atoms with E-state index >= 15 is 0 Å². The van der Waals surface area contributed by atoms with Gasteiger partial charge in [0.2, 0.25) is 5.16 Å². The zero-order chi connectivity index (χ0) is 17.5. The van der Waals surface area contributed by atoms with Gasteiger partial charge in [0.05, 0.1) is 14.2 Å². The molecule has 7 nitrogen and oxygen atoms in total. The molecule has 0 radical (unpaired) electrons. The number of hydrogen-bond acceptors (Lipinski definition) is 6. The zero-order valence-corrected chi connectivity index (χ0v) is 14.5. The third-order valence-corrected chi connectivity index (χ3v) is 4.01. The zero-order valence-electron chi connectivity index (χ0n) is 13.7. The summed E-state index contributed by atoms with van der Waals surface area (Å²) >= 11 is 0.989. The Kier molecular flexibility index (Phi) is 6.25. The molecule has 0 aliphatic carbocycles. The number of aromatic nitrogens is 3. The van der Waals surface area contributed by atoms with Gasteiger partial charge in [0.1, 0.15) is 22.2 Å². The first-order chi connectivity index (χ1) is 11.6. The number of aromatic amines is 1. The first-order valence-electron chi connectivity index (χ1n) is 7.33. The van der Waals surface area contributed by atoms with Crippen molar-refractivity contribution in [1.82, 2.24) is 15.2 Å². The Bertz CT molecular complexity index is 743. The minimum absolute atomic E-state index is 0.0977. The molecule has 128 valence electrons. The minimum atomic E-state index is -1.06. The molecule has 24 heavy (non-hydrogen) atoms. The topological polar surface area (TPSA) is 97.3 Å². The number of benzene rings is 1. The summed E-state index contributed by atoms with van der Waals surface area (Å²) in [5.74, 6) is 0.841. The van der Waals surface area contributed by atoms with Gasteiger partial charge in [-0.05, 0) is 36.4 Å². The fourth-order valence-corrected chi connectivity index (χ4v) is 2.70. The quantitative estimate of drug-likeness (QED) is 0.558. The lowest BCUT2D eigenvalue weighted by atomic mass is 10.1. The highest BCUT2D eigenvalue weighted by molar-refractivity contribution is 8.04. The number of methoxy groups -OCH3 is 2. The van der Waals surface area contributed by atoms with Crippen molar-refractivity contribution in [2.75, 3.05) is 14.2 Å². The highest BCUT2D eigenvalue weighted by Gasteiger charge is 2.15. The lowest BCUT2D eigenvalue weighted by Gasteiger charge is -2.08. The second-order valence-electron chi connectivity index (χ2n) is 4.84. The van der Waals surface area contributed by atoms with Crippen molar-refractivity contribution in [3.63, 3.8) is 0 Å². The Morgan fingerprint density at radius 3 is 2.79 bits per heavy atom. The Morgan fingerprint density at radius 1 is 1.38 bits per heavy atom. The van der Waals surface area contributed by atoms with Crippen LogP contribution < -0.4 is 9.47 Å². The van der Waals surface area contributed by atoms with Gasteiger partial charge in [-0.2, -0.15) is 0 Å². The van der Waals surface area contributed by atoms with E-state index in [0.29, 0.717) is 22.2 Å². The molecule has 0 spiro atoms. The molecule has 0 unspecified atom stereocenters. The van der Waals surface area contributed by atoms with E-state index < -0.39 is 5.97 Å². The molecule has 1 heterocycles. The van der Waals surface area contributed by atoms with E-state index in [0.717, 1.165) is 30.4 Å². The second kappa shape index (κ2) is 8.39. The standard InChI is InChI=1S/C16H19N3O4S/c1-4-5-14-17-16(19-18-14)24-13(15(20)21)8-10-6-7-11(22-2)9-12(10)23-3/h6-9H,4-5H2,1-3H3,(H,20,21)(H,17,18,19)/b13-8-. The number of carbonyl (C=O) groups is 1. The van der Waals surface area contributed by atoms with Gasteiger partial charge in [-0.3, -0.25) is 5.10 Å². The fourth-order valence-electron chi connectivity index (χ4n) is 1.98. The molecule has 8 heteroatoms. The molecule has 1 aromatic heterocycles. The van der Waals surface area contributed by atoms with E-state index in [1.807, 2.05) is 6.92 Å². The van der Waals surface area contributed by atoms with Crippen molar-refractivity contribution in [3.8, 4) is 11.5 Å². The normalized spacial score (nSPS) is 11.4. The molecule has 0 bridgehead atoms. The van der Waals surface area contributed by atoms with Gasteiger partial charge in [0.15, 0.2) is 0 Å². The van der Waals surface area contributed by atoms with Crippen molar-refractivity contribution in [3.05, 3.63) is 34.5 Å². The van der Waals surface area contributed by atoms with Crippen molar-refractivity contribution >= 4 is 23.8 Å². The molecule has 0 fully saturated rings. The largest absolute Gasteiger partial charge is 0.497 e. The average molecular weight is 349 g/mol. The molecule has 2 rings (SSSR count). The SMILES string of the molecule is CCCc1nc(S/C(=C\c2ccc(OC)cc2OC)C(=O)O)n[nH]1. The van der Waals surface area contributed by atoms with Crippen LogP contribution in [-0.2, 0) is 11.2 Å². The molecule has 1 aromatic carbocycles. The Morgan fingerprint density at radius 2 is 2.17 bits per heavy atom. The number of aryl methyl sites for hydroxylation is 1. The summed E-state index contributed by atoms with van der Waals surface area (Å²) in [5, 5.41) is 16.7. The fraction of sp³-hybridized carbons (Fsp3) is 0.312. The van der Waals surface area contributed by atoms with Crippen LogP contribution in [0.15, 0.2) is 28.3 Å². The molecule has 2 aromatic rings. The monoisotopic (exact) mass is 349 g/mol. The highest BCUT2D eigenvalue weighted by atomic mass is 32.2. The predicted molar refractivity (Wildman–Crippen MR) is 91.4 cm³/mol. The van der Waals surface area contributed by atoms with Crippen LogP contribution in [0.3, 0.4) is 0 Å². The van der Waals surface area contributed by atoms with E-state index in [1.165, 1.54) is 13.2 Å². The van der Waals surface area contributed by atoms with Gasteiger partial charge in [-0.25, -0.2) is 9.78 Å². The Hall–Kier alpha value is -2.48. The van der Waals surface area contributed by atoms with Crippen LogP contribution in [0, 0.1) is 0 Å². The summed E-state index contributed by atoms with van der Waals surface area (Å²) in [6.07, 6.45) is 3.23. The van der Waals surface area contributed by atoms with Crippen molar-refractivity contribution in [2.45, 2.75) is 24.9 Å². The molecule has 0 aliphatic heterocycles. The number of nitrogens with one attached hydrogen (secondary N) is 1. The van der Waals surface area contributed by atoms with E-state index in [1.54, 1.807) is 25.3 Å². The summed E-state index contributed by atoms with van der Waals surface area (Å²) in [5.41, 5.74) is 0.632. The maximum Gasteiger partial charge on any atom is 0.342 e. The summed E-state index contributed by atoms with van der Waals surface area (Å²) in [7, 11) is 3.08. The molecule has 0 aliphatic rings. The van der Waals surface area contributed by atoms with Crippen LogP contribution in [0.5, 0.6) is 11.5 Å². The number of aliphatic carboxylic acids is 1. The molecule has 2 N–H and O–H groups in total. The van der Waals surface area contributed by atoms with Crippen LogP contribution in [-0.4, -0.2) is 40.5 Å². The van der Waals surface area contributed by atoms with Crippen molar-refractivity contribution < 1.29 is 19.4 Å². The number of H-pyrrole nitrogens is 1. The van der Waals surface area contributed by atoms with Gasteiger partial charge in [-0.15, -0.1) is 5.10 Å². The smallest absolute Gasteiger partial charge is 0.342 e. The maximum atomic E-state index is 11.5. The number of carboxylic acids is 1. The summed E-state index contributed by atoms with van der Waals surface area (Å²) < 4.78 is 10.4. The van der Waals surface area contributed by atoms with E-state index in [4.69, 9.17) is 9.47 Å². The number of thioether (sulfide) groups is 1. The molecule has 0 saturated carbocycles. The number of nitrogens with zero attached hydrogens (tertiary/aromatic N) is 2. The van der Waals surface area contributed by atoms with Gasteiger partial charge in [0.25, 0.3) is 0 Å². The van der Waals surface area contributed by atoms with Crippen LogP contribution in [0.1, 0.15) is 24.7 Å². The predicted octanol–water partition coefficient (Wildman–Crippen LogP) is 2.99. The first-order valence-corrected chi connectivity index (χ1v) is 8.15. The van der Waals surface area contributed by atoms with Crippen LogP contribution in [0.4, 0.5) is 0 Å². The number of rotatable bonds is 8. The molecule has 0 saturated heterocycles. The average Bonchev–Trinajstić information content (AvgIpc) is 3.02. The number of ether oxygens (including phenoxy) is 2. The lowest BCUT2D eigenvalue weighted by molar-refractivity contribution is -0.131. The van der Waals surface area contributed by atoms with E-state index in [9.17, 15) is 9.90 Å². The first kappa shape index (κ1) is 17.9. The Balaban J connectivity index is 2.29. The third-order valence-electron chi connectivity index (χ3n) is 3.14. The third kappa shape index (κ3) is 4.51. The number of carboxylic acid groups (broad SMARTS) is 1. The minimum Gasteiger partial charge on any atom is -0.497 e.